The maximum Gasteiger partial charge on any atom is 0.303 e. The fourth-order valence-electron chi connectivity index (χ4n) is 3.19. The lowest BCUT2D eigenvalue weighted by Crippen LogP contribution is -2.19. The Morgan fingerprint density at radius 3 is 2.70 bits per heavy atom. The molecule has 0 aromatic rings. The van der Waals surface area contributed by atoms with Crippen molar-refractivity contribution < 1.29 is 24.9 Å². The van der Waals surface area contributed by atoms with Crippen molar-refractivity contribution in [2.75, 3.05) is 0 Å². The Morgan fingerprint density at radius 1 is 1.30 bits per heavy atom. The Labute approximate surface area is 138 Å². The van der Waals surface area contributed by atoms with Crippen LogP contribution in [0.25, 0.3) is 0 Å². The van der Waals surface area contributed by atoms with Gasteiger partial charge in [-0.2, -0.15) is 0 Å². The second-order valence-corrected chi connectivity index (χ2v) is 6.51. The third-order valence-electron chi connectivity index (χ3n) is 4.55. The fourth-order valence-corrected chi connectivity index (χ4v) is 3.19. The van der Waals surface area contributed by atoms with Crippen molar-refractivity contribution in [2.45, 2.75) is 76.9 Å². The van der Waals surface area contributed by atoms with Gasteiger partial charge in [0.15, 0.2) is 0 Å². The molecule has 1 aliphatic carbocycles. The van der Waals surface area contributed by atoms with Gasteiger partial charge in [-0.25, -0.2) is 0 Å². The monoisotopic (exact) mass is 326 g/mol. The Morgan fingerprint density at radius 2 is 2.04 bits per heavy atom. The molecule has 0 aromatic carbocycles. The van der Waals surface area contributed by atoms with Crippen LogP contribution in [0.1, 0.15) is 64.7 Å². The first-order valence-corrected chi connectivity index (χ1v) is 8.74. The molecule has 5 heteroatoms. The van der Waals surface area contributed by atoms with Gasteiger partial charge in [-0.3, -0.25) is 9.59 Å². The Kier molecular flexibility index (Phi) is 9.10. The smallest absolute Gasteiger partial charge is 0.303 e. The average molecular weight is 326 g/mol. The lowest BCUT2D eigenvalue weighted by molar-refractivity contribution is -0.137. The number of aliphatic hydroxyl groups is 2. The molecule has 1 saturated carbocycles. The van der Waals surface area contributed by atoms with Crippen LogP contribution >= 0.6 is 0 Å². The van der Waals surface area contributed by atoms with E-state index in [1.165, 1.54) is 0 Å². The third-order valence-corrected chi connectivity index (χ3v) is 4.55. The van der Waals surface area contributed by atoms with E-state index in [-0.39, 0.29) is 30.5 Å². The number of aliphatic hydroxyl groups excluding tert-OH is 2. The predicted molar refractivity (Wildman–Crippen MR) is 88.0 cm³/mol. The summed E-state index contributed by atoms with van der Waals surface area (Å²) in [4.78, 5) is 22.5. The highest BCUT2D eigenvalue weighted by atomic mass is 16.4. The zero-order valence-corrected chi connectivity index (χ0v) is 14.0. The van der Waals surface area contributed by atoms with Crippen LogP contribution in [0.5, 0.6) is 0 Å². The van der Waals surface area contributed by atoms with Crippen molar-refractivity contribution >= 4 is 11.8 Å². The molecule has 0 aromatic heterocycles. The quantitative estimate of drug-likeness (QED) is 0.401. The van der Waals surface area contributed by atoms with Gasteiger partial charge < -0.3 is 15.3 Å². The molecule has 0 heterocycles. The highest BCUT2D eigenvalue weighted by Gasteiger charge is 2.39. The number of carboxylic acid groups (broad SMARTS) is 1. The van der Waals surface area contributed by atoms with E-state index in [9.17, 15) is 19.8 Å². The number of Topliss-reactive ketones (excluding diaryl/α,β-unsaturated/α-hetero) is 1. The van der Waals surface area contributed by atoms with Crippen LogP contribution in [0, 0.1) is 11.8 Å². The van der Waals surface area contributed by atoms with E-state index in [1.54, 1.807) is 12.2 Å². The summed E-state index contributed by atoms with van der Waals surface area (Å²) in [6.07, 6.45) is 8.20. The van der Waals surface area contributed by atoms with Crippen molar-refractivity contribution in [3.05, 3.63) is 12.2 Å². The lowest BCUT2D eigenvalue weighted by atomic mass is 9.88. The minimum Gasteiger partial charge on any atom is -0.481 e. The molecule has 5 nitrogen and oxygen atoms in total. The van der Waals surface area contributed by atoms with Gasteiger partial charge in [-0.1, -0.05) is 44.8 Å². The summed E-state index contributed by atoms with van der Waals surface area (Å²) in [6, 6.07) is 0. The standard InChI is InChI=1S/C18H30O5/c1-2-3-4-7-13(19)10-11-15-14(16(20)12-17(15)21)8-5-6-9-18(22)23/h10-11,13-15,17,19,21H,2-9,12H2,1H3,(H,22,23)/b11-10+/t13-,14+,15+,17-/m0/s1. The maximum absolute atomic E-state index is 12.0. The van der Waals surface area contributed by atoms with Gasteiger partial charge >= 0.3 is 5.97 Å². The number of carbonyl (C=O) groups is 2. The first-order chi connectivity index (χ1) is 11.0. The minimum atomic E-state index is -0.825. The summed E-state index contributed by atoms with van der Waals surface area (Å²) < 4.78 is 0. The lowest BCUT2D eigenvalue weighted by Gasteiger charge is -2.18. The first kappa shape index (κ1) is 19.8. The van der Waals surface area contributed by atoms with Crippen LogP contribution < -0.4 is 0 Å². The number of carboxylic acids is 1. The summed E-state index contributed by atoms with van der Waals surface area (Å²) in [5, 5.41) is 28.6. The third kappa shape index (κ3) is 7.27. The van der Waals surface area contributed by atoms with E-state index in [4.69, 9.17) is 5.11 Å². The second kappa shape index (κ2) is 10.6. The van der Waals surface area contributed by atoms with Gasteiger partial charge in [0.2, 0.25) is 0 Å². The number of aliphatic carboxylic acids is 1. The SMILES string of the molecule is CCCCC[C@H](O)/C=C/[C@H]1[C@@H](O)CC(=O)[C@@H]1CCCCC(=O)O. The topological polar surface area (TPSA) is 94.8 Å². The molecule has 23 heavy (non-hydrogen) atoms. The highest BCUT2D eigenvalue weighted by molar-refractivity contribution is 5.84. The van der Waals surface area contributed by atoms with E-state index in [1.807, 2.05) is 0 Å². The molecule has 4 atom stereocenters. The van der Waals surface area contributed by atoms with Gasteiger partial charge in [-0.05, 0) is 19.3 Å². The molecule has 0 aliphatic heterocycles. The van der Waals surface area contributed by atoms with E-state index >= 15 is 0 Å². The summed E-state index contributed by atoms with van der Waals surface area (Å²) in [5.41, 5.74) is 0. The van der Waals surface area contributed by atoms with E-state index < -0.39 is 18.2 Å². The van der Waals surface area contributed by atoms with Crippen molar-refractivity contribution in [1.82, 2.24) is 0 Å². The molecule has 0 unspecified atom stereocenters. The average Bonchev–Trinajstić information content (AvgIpc) is 2.75. The van der Waals surface area contributed by atoms with Gasteiger partial charge in [0.1, 0.15) is 5.78 Å². The summed E-state index contributed by atoms with van der Waals surface area (Å²) >= 11 is 0. The Bertz CT molecular complexity index is 404. The fraction of sp³-hybridized carbons (Fsp3) is 0.778. The molecular formula is C18H30O5. The van der Waals surface area contributed by atoms with Gasteiger partial charge in [0.25, 0.3) is 0 Å². The van der Waals surface area contributed by atoms with Crippen LogP contribution in [0.3, 0.4) is 0 Å². The number of carbonyl (C=O) groups excluding carboxylic acids is 1. The largest absolute Gasteiger partial charge is 0.481 e. The van der Waals surface area contributed by atoms with E-state index in [2.05, 4.69) is 6.92 Å². The summed E-state index contributed by atoms with van der Waals surface area (Å²) in [5.74, 6) is -1.29. The number of hydrogen-bond acceptors (Lipinski definition) is 4. The molecule has 1 aliphatic rings. The molecule has 3 N–H and O–H groups in total. The van der Waals surface area contributed by atoms with Crippen LogP contribution in [-0.4, -0.2) is 39.3 Å². The number of rotatable bonds is 11. The van der Waals surface area contributed by atoms with E-state index in [0.717, 1.165) is 19.3 Å². The van der Waals surface area contributed by atoms with Crippen LogP contribution in [0.2, 0.25) is 0 Å². The summed E-state index contributed by atoms with van der Waals surface area (Å²) in [6.45, 7) is 2.11. The number of hydrogen-bond donors (Lipinski definition) is 3. The van der Waals surface area contributed by atoms with Gasteiger partial charge in [0, 0.05) is 24.7 Å². The maximum atomic E-state index is 12.0. The van der Waals surface area contributed by atoms with Crippen molar-refractivity contribution in [2.24, 2.45) is 11.8 Å². The Balaban J connectivity index is 2.48. The van der Waals surface area contributed by atoms with E-state index in [0.29, 0.717) is 25.7 Å². The zero-order valence-electron chi connectivity index (χ0n) is 14.0. The molecule has 0 amide bonds. The molecule has 132 valence electrons. The van der Waals surface area contributed by atoms with Gasteiger partial charge in [-0.15, -0.1) is 0 Å². The highest BCUT2D eigenvalue weighted by Crippen LogP contribution is 2.34. The minimum absolute atomic E-state index is 0.0444. The van der Waals surface area contributed by atoms with Crippen LogP contribution in [0.15, 0.2) is 12.2 Å². The Hall–Kier alpha value is -1.20. The van der Waals surface area contributed by atoms with Crippen LogP contribution in [0.4, 0.5) is 0 Å². The van der Waals surface area contributed by atoms with Crippen molar-refractivity contribution in [3.63, 3.8) is 0 Å². The molecule has 1 fully saturated rings. The van der Waals surface area contributed by atoms with Gasteiger partial charge in [0.05, 0.1) is 12.2 Å². The van der Waals surface area contributed by atoms with Crippen molar-refractivity contribution in [3.8, 4) is 0 Å². The molecular weight excluding hydrogens is 296 g/mol. The molecule has 1 rings (SSSR count). The number of unbranched alkanes of at least 4 members (excludes halogenated alkanes) is 3. The second-order valence-electron chi connectivity index (χ2n) is 6.51. The molecule has 0 saturated heterocycles. The zero-order chi connectivity index (χ0) is 17.2. The first-order valence-electron chi connectivity index (χ1n) is 8.74. The van der Waals surface area contributed by atoms with Crippen LogP contribution in [-0.2, 0) is 9.59 Å². The summed E-state index contributed by atoms with van der Waals surface area (Å²) in [7, 11) is 0. The molecule has 0 bridgehead atoms. The van der Waals surface area contributed by atoms with Crippen molar-refractivity contribution in [1.29, 1.82) is 0 Å². The molecule has 0 radical (unpaired) electrons. The normalized spacial score (nSPS) is 26.0. The number of ketones is 1. The predicted octanol–water partition coefficient (Wildman–Crippen LogP) is 2.69. The molecule has 0 spiro atoms.